The van der Waals surface area contributed by atoms with Gasteiger partial charge >= 0.3 is 0 Å². The van der Waals surface area contributed by atoms with Gasteiger partial charge in [-0.15, -0.1) is 0 Å². The molecule has 0 spiro atoms. The number of nitrogens with zero attached hydrogens (tertiary/aromatic N) is 2. The Labute approximate surface area is 177 Å². The number of hydrogen-bond donors (Lipinski definition) is 4. The highest BCUT2D eigenvalue weighted by Crippen LogP contribution is 2.25. The summed E-state index contributed by atoms with van der Waals surface area (Å²) >= 11 is 11.9. The van der Waals surface area contributed by atoms with Crippen LogP contribution >= 0.6 is 23.2 Å². The van der Waals surface area contributed by atoms with E-state index in [1.54, 1.807) is 12.1 Å². The van der Waals surface area contributed by atoms with Gasteiger partial charge in [0.1, 0.15) is 6.04 Å². The molecule has 29 heavy (non-hydrogen) atoms. The molecule has 0 fully saturated rings. The maximum Gasteiger partial charge on any atom is 0.252 e. The number of rotatable bonds is 4. The maximum absolute atomic E-state index is 12.2. The van der Waals surface area contributed by atoms with Gasteiger partial charge in [-0.05, 0) is 37.3 Å². The molecule has 1 atom stereocenters. The summed E-state index contributed by atoms with van der Waals surface area (Å²) in [4.78, 5) is 32.5. The first kappa shape index (κ1) is 20.6. The fraction of sp³-hybridized carbons (Fsp3) is 0.158. The van der Waals surface area contributed by atoms with E-state index < -0.39 is 17.9 Å². The molecular weight excluding hydrogens is 415 g/mol. The summed E-state index contributed by atoms with van der Waals surface area (Å²) in [5.41, 5.74) is 8.06. The van der Waals surface area contributed by atoms with Crippen LogP contribution in [0.3, 0.4) is 0 Å². The Hall–Kier alpha value is -3.10. The second-order valence-corrected chi connectivity index (χ2v) is 7.17. The SMILES string of the molecule is Cc1ccc(N/C(N)=N/C2=NC(CC(=O)Nc3cc(Cl)ccc3Cl)C(=O)N2)cc1. The first-order valence-electron chi connectivity index (χ1n) is 8.61. The minimum absolute atomic E-state index is 0.0331. The van der Waals surface area contributed by atoms with Gasteiger partial charge < -0.3 is 16.4 Å². The van der Waals surface area contributed by atoms with E-state index in [1.165, 1.54) is 6.07 Å². The number of aryl methyl sites for hydroxylation is 1. The predicted octanol–water partition coefficient (Wildman–Crippen LogP) is 2.91. The van der Waals surface area contributed by atoms with E-state index in [4.69, 9.17) is 28.9 Å². The number of hydrogen-bond acceptors (Lipinski definition) is 4. The van der Waals surface area contributed by atoms with Gasteiger partial charge in [0.05, 0.1) is 17.1 Å². The molecule has 1 unspecified atom stereocenters. The molecule has 3 rings (SSSR count). The molecule has 2 amide bonds. The third-order valence-electron chi connectivity index (χ3n) is 3.95. The molecule has 0 saturated carbocycles. The van der Waals surface area contributed by atoms with Crippen molar-refractivity contribution in [2.24, 2.45) is 15.7 Å². The Morgan fingerprint density at radius 3 is 2.66 bits per heavy atom. The van der Waals surface area contributed by atoms with E-state index in [2.05, 4.69) is 25.9 Å². The molecule has 5 N–H and O–H groups in total. The zero-order valence-electron chi connectivity index (χ0n) is 15.4. The van der Waals surface area contributed by atoms with Gasteiger partial charge in [0.25, 0.3) is 5.91 Å². The fourth-order valence-electron chi connectivity index (χ4n) is 2.52. The molecule has 10 heteroatoms. The molecule has 2 aromatic rings. The summed E-state index contributed by atoms with van der Waals surface area (Å²) in [6, 6.07) is 11.3. The number of aliphatic imine (C=N–C) groups is 2. The lowest BCUT2D eigenvalue weighted by Crippen LogP contribution is -2.32. The summed E-state index contributed by atoms with van der Waals surface area (Å²) in [5, 5.41) is 8.77. The van der Waals surface area contributed by atoms with Crippen molar-refractivity contribution in [1.82, 2.24) is 5.32 Å². The van der Waals surface area contributed by atoms with E-state index in [1.807, 2.05) is 31.2 Å². The second-order valence-electron chi connectivity index (χ2n) is 6.32. The van der Waals surface area contributed by atoms with E-state index in [9.17, 15) is 9.59 Å². The number of halogens is 2. The summed E-state index contributed by atoms with van der Waals surface area (Å²) in [6.07, 6.45) is -0.182. The number of carbonyl (C=O) groups is 2. The van der Waals surface area contributed by atoms with Gasteiger partial charge in [-0.3, -0.25) is 14.9 Å². The normalized spacial score (nSPS) is 16.2. The first-order chi connectivity index (χ1) is 13.8. The third kappa shape index (κ3) is 5.69. The summed E-state index contributed by atoms with van der Waals surface area (Å²) in [7, 11) is 0. The molecule has 0 aliphatic carbocycles. The first-order valence-corrected chi connectivity index (χ1v) is 9.37. The fourth-order valence-corrected chi connectivity index (χ4v) is 2.86. The maximum atomic E-state index is 12.2. The molecule has 1 aliphatic heterocycles. The van der Waals surface area contributed by atoms with Crippen LogP contribution in [0.25, 0.3) is 0 Å². The zero-order valence-corrected chi connectivity index (χ0v) is 16.9. The Bertz CT molecular complexity index is 1000. The number of anilines is 2. The predicted molar refractivity (Wildman–Crippen MR) is 115 cm³/mol. The van der Waals surface area contributed by atoms with Gasteiger partial charge in [-0.2, -0.15) is 4.99 Å². The van der Waals surface area contributed by atoms with Crippen molar-refractivity contribution in [1.29, 1.82) is 0 Å². The van der Waals surface area contributed by atoms with Gasteiger partial charge in [0.15, 0.2) is 0 Å². The Morgan fingerprint density at radius 1 is 1.21 bits per heavy atom. The van der Waals surface area contributed by atoms with Crippen molar-refractivity contribution in [2.45, 2.75) is 19.4 Å². The highest BCUT2D eigenvalue weighted by atomic mass is 35.5. The summed E-state index contributed by atoms with van der Waals surface area (Å²) in [6.45, 7) is 1.97. The van der Waals surface area contributed by atoms with E-state index in [0.29, 0.717) is 15.7 Å². The average molecular weight is 433 g/mol. The Morgan fingerprint density at radius 2 is 1.93 bits per heavy atom. The lowest BCUT2D eigenvalue weighted by Gasteiger charge is -2.08. The lowest BCUT2D eigenvalue weighted by atomic mass is 10.2. The molecule has 1 aliphatic rings. The van der Waals surface area contributed by atoms with Crippen LogP contribution in [0.4, 0.5) is 11.4 Å². The van der Waals surface area contributed by atoms with Crippen LogP contribution in [-0.2, 0) is 9.59 Å². The van der Waals surface area contributed by atoms with Gasteiger partial charge in [-0.1, -0.05) is 40.9 Å². The Kier molecular flexibility index (Phi) is 6.36. The molecule has 150 valence electrons. The summed E-state index contributed by atoms with van der Waals surface area (Å²) in [5.74, 6) is -0.789. The van der Waals surface area contributed by atoms with Crippen molar-refractivity contribution < 1.29 is 9.59 Å². The van der Waals surface area contributed by atoms with Gasteiger partial charge in [0.2, 0.25) is 17.8 Å². The standard InChI is InChI=1S/C19H18Cl2N6O2/c1-10-2-5-12(6-3-10)23-18(22)27-19-25-15(17(29)26-19)9-16(28)24-14-8-11(20)4-7-13(14)21/h2-8,15H,9H2,1H3,(H,24,28)(H4,22,23,25,26,27,29). The van der Waals surface area contributed by atoms with E-state index in [-0.39, 0.29) is 18.3 Å². The van der Waals surface area contributed by atoms with E-state index in [0.717, 1.165) is 11.3 Å². The Balaban J connectivity index is 1.62. The number of guanidine groups is 2. The number of benzene rings is 2. The van der Waals surface area contributed by atoms with E-state index >= 15 is 0 Å². The van der Waals surface area contributed by atoms with Crippen LogP contribution in [0, 0.1) is 6.92 Å². The molecule has 0 saturated heterocycles. The molecule has 0 aromatic heterocycles. The van der Waals surface area contributed by atoms with Crippen molar-refractivity contribution in [3.63, 3.8) is 0 Å². The number of nitrogens with two attached hydrogens (primary N) is 1. The largest absolute Gasteiger partial charge is 0.369 e. The van der Waals surface area contributed by atoms with Gasteiger partial charge in [-0.25, -0.2) is 4.99 Å². The van der Waals surface area contributed by atoms with Crippen LogP contribution in [0.15, 0.2) is 52.4 Å². The number of amides is 2. The minimum atomic E-state index is -0.918. The molecule has 0 radical (unpaired) electrons. The molecule has 1 heterocycles. The van der Waals surface area contributed by atoms with Crippen molar-refractivity contribution in [3.8, 4) is 0 Å². The number of carbonyl (C=O) groups excluding carboxylic acids is 2. The quantitative estimate of drug-likeness (QED) is 0.438. The highest BCUT2D eigenvalue weighted by molar-refractivity contribution is 6.35. The smallest absolute Gasteiger partial charge is 0.252 e. The van der Waals surface area contributed by atoms with Crippen LogP contribution in [0.5, 0.6) is 0 Å². The van der Waals surface area contributed by atoms with Gasteiger partial charge in [0, 0.05) is 10.7 Å². The topological polar surface area (TPSA) is 121 Å². The highest BCUT2D eigenvalue weighted by Gasteiger charge is 2.28. The van der Waals surface area contributed by atoms with Crippen molar-refractivity contribution in [2.75, 3.05) is 10.6 Å². The molecule has 8 nitrogen and oxygen atoms in total. The third-order valence-corrected chi connectivity index (χ3v) is 4.51. The molecular formula is C19H18Cl2N6O2. The molecule has 0 bridgehead atoms. The summed E-state index contributed by atoms with van der Waals surface area (Å²) < 4.78 is 0. The van der Waals surface area contributed by atoms with Crippen LogP contribution in [0.2, 0.25) is 10.0 Å². The van der Waals surface area contributed by atoms with Crippen LogP contribution in [0.1, 0.15) is 12.0 Å². The average Bonchev–Trinajstić information content (AvgIpc) is 2.98. The number of nitrogens with one attached hydrogen (secondary N) is 3. The monoisotopic (exact) mass is 432 g/mol. The van der Waals surface area contributed by atoms with Crippen molar-refractivity contribution >= 4 is 58.3 Å². The van der Waals surface area contributed by atoms with Crippen LogP contribution < -0.4 is 21.7 Å². The lowest BCUT2D eigenvalue weighted by molar-refractivity contribution is -0.123. The van der Waals surface area contributed by atoms with Crippen LogP contribution in [-0.4, -0.2) is 29.8 Å². The second kappa shape index (κ2) is 8.93. The molecule has 2 aromatic carbocycles. The minimum Gasteiger partial charge on any atom is -0.369 e. The van der Waals surface area contributed by atoms with Crippen molar-refractivity contribution in [3.05, 3.63) is 58.1 Å². The zero-order chi connectivity index (χ0) is 21.0.